The van der Waals surface area contributed by atoms with Gasteiger partial charge in [0.05, 0.1) is 19.0 Å². The number of nitrogen functional groups attached to an aromatic ring is 1. The van der Waals surface area contributed by atoms with E-state index < -0.39 is 31.1 Å². The monoisotopic (exact) mass is 358 g/mol. The van der Waals surface area contributed by atoms with E-state index >= 15 is 0 Å². The van der Waals surface area contributed by atoms with Crippen molar-refractivity contribution in [3.05, 3.63) is 12.2 Å². The first-order chi connectivity index (χ1) is 12.6. The van der Waals surface area contributed by atoms with Crippen LogP contribution in [0, 0.1) is 23.2 Å². The van der Waals surface area contributed by atoms with Crippen LogP contribution >= 0.6 is 0 Å². The minimum atomic E-state index is -1.26. The third-order valence-corrected chi connectivity index (χ3v) is 4.03. The molecule has 2 aromatic rings. The number of hydrogen-bond acceptors (Lipinski definition) is 9. The van der Waals surface area contributed by atoms with Gasteiger partial charge >= 0.3 is 0 Å². The number of anilines is 1. The predicted octanol–water partition coefficient (Wildman–Crippen LogP) is -0.935. The molecule has 10 heteroatoms. The standard InChI is InChI=1S/C16H18N6O4/c17-6-4-2-1-3-5-10-20-14(18)11-15(21-10)22(8-19-11)16-13(25)12(24)9(7-23)26-16/h8-9,12-13,16,23-25H,1-2,4,7H2,(H2,18,20,21). The maximum Gasteiger partial charge on any atom is 0.208 e. The molecule has 4 atom stereocenters. The Kier molecular flexibility index (Phi) is 5.30. The van der Waals surface area contributed by atoms with E-state index in [0.717, 1.165) is 0 Å². The van der Waals surface area contributed by atoms with Crippen LogP contribution in [0.4, 0.5) is 5.82 Å². The molecule has 0 saturated carbocycles. The smallest absolute Gasteiger partial charge is 0.208 e. The van der Waals surface area contributed by atoms with Crippen LogP contribution in [0.1, 0.15) is 31.3 Å². The van der Waals surface area contributed by atoms with E-state index in [-0.39, 0.29) is 11.6 Å². The molecule has 4 unspecified atom stereocenters. The Morgan fingerprint density at radius 2 is 2.08 bits per heavy atom. The van der Waals surface area contributed by atoms with Gasteiger partial charge in [0, 0.05) is 12.8 Å². The molecule has 2 aromatic heterocycles. The van der Waals surface area contributed by atoms with Gasteiger partial charge in [0.15, 0.2) is 17.7 Å². The van der Waals surface area contributed by atoms with Crippen molar-refractivity contribution in [1.82, 2.24) is 19.5 Å². The molecule has 3 heterocycles. The van der Waals surface area contributed by atoms with Crippen LogP contribution in [0.5, 0.6) is 0 Å². The number of unbranched alkanes of at least 4 members (excludes halogenated alkanes) is 2. The largest absolute Gasteiger partial charge is 0.394 e. The van der Waals surface area contributed by atoms with Gasteiger partial charge in [0.25, 0.3) is 0 Å². The molecule has 10 nitrogen and oxygen atoms in total. The molecule has 1 fully saturated rings. The number of aliphatic hydroxyl groups excluding tert-OH is 3. The molecule has 0 spiro atoms. The fraction of sp³-hybridized carbons (Fsp3) is 0.500. The topological polar surface area (TPSA) is 163 Å². The van der Waals surface area contributed by atoms with Gasteiger partial charge in [-0.1, -0.05) is 5.92 Å². The molecule has 26 heavy (non-hydrogen) atoms. The number of nitrogens with zero attached hydrogens (tertiary/aromatic N) is 5. The number of hydrogen-bond donors (Lipinski definition) is 4. The highest BCUT2D eigenvalue weighted by Gasteiger charge is 2.44. The fourth-order valence-corrected chi connectivity index (χ4v) is 2.69. The minimum absolute atomic E-state index is 0.127. The molecule has 1 aliphatic rings. The van der Waals surface area contributed by atoms with Crippen LogP contribution in [0.15, 0.2) is 6.33 Å². The second-order valence-electron chi connectivity index (χ2n) is 5.80. The zero-order valence-corrected chi connectivity index (χ0v) is 13.8. The quantitative estimate of drug-likeness (QED) is 0.399. The number of aromatic nitrogens is 4. The summed E-state index contributed by atoms with van der Waals surface area (Å²) in [6.07, 6.45) is -1.40. The summed E-state index contributed by atoms with van der Waals surface area (Å²) in [5.74, 6) is 5.97. The first-order valence-corrected chi connectivity index (χ1v) is 8.05. The van der Waals surface area contributed by atoms with Crippen LogP contribution in [0.3, 0.4) is 0 Å². The van der Waals surface area contributed by atoms with Crippen molar-refractivity contribution in [2.75, 3.05) is 12.3 Å². The number of rotatable bonds is 4. The molecule has 0 aliphatic carbocycles. The lowest BCUT2D eigenvalue weighted by molar-refractivity contribution is -0.0511. The van der Waals surface area contributed by atoms with Crippen molar-refractivity contribution in [1.29, 1.82) is 5.26 Å². The summed E-state index contributed by atoms with van der Waals surface area (Å²) in [6.45, 7) is -0.433. The van der Waals surface area contributed by atoms with E-state index in [1.54, 1.807) is 0 Å². The van der Waals surface area contributed by atoms with E-state index in [0.29, 0.717) is 30.4 Å². The molecular formula is C16H18N6O4. The summed E-state index contributed by atoms with van der Waals surface area (Å²) < 4.78 is 6.93. The van der Waals surface area contributed by atoms with Crippen LogP contribution in [-0.2, 0) is 4.74 Å². The highest BCUT2D eigenvalue weighted by Crippen LogP contribution is 2.31. The molecule has 1 aliphatic heterocycles. The maximum atomic E-state index is 10.2. The van der Waals surface area contributed by atoms with Gasteiger partial charge in [-0.3, -0.25) is 4.57 Å². The van der Waals surface area contributed by atoms with E-state index in [4.69, 9.17) is 15.7 Å². The molecule has 0 amide bonds. The summed E-state index contributed by atoms with van der Waals surface area (Å²) in [4.78, 5) is 12.5. The van der Waals surface area contributed by atoms with Gasteiger partial charge in [-0.05, 0) is 12.3 Å². The van der Waals surface area contributed by atoms with Crippen molar-refractivity contribution in [3.8, 4) is 17.9 Å². The first kappa shape index (κ1) is 18.0. The normalized spacial score (nSPS) is 25.0. The summed E-state index contributed by atoms with van der Waals surface area (Å²) in [5, 5.41) is 37.8. The van der Waals surface area contributed by atoms with Gasteiger partial charge in [-0.2, -0.15) is 5.26 Å². The van der Waals surface area contributed by atoms with Crippen LogP contribution in [0.2, 0.25) is 0 Å². The molecule has 0 aromatic carbocycles. The van der Waals surface area contributed by atoms with E-state index in [1.807, 2.05) is 6.07 Å². The summed E-state index contributed by atoms with van der Waals surface area (Å²) in [6, 6.07) is 2.04. The van der Waals surface area contributed by atoms with Crippen LogP contribution in [-0.4, -0.2) is 59.8 Å². The number of nitriles is 1. The average molecular weight is 358 g/mol. The summed E-state index contributed by atoms with van der Waals surface area (Å²) in [7, 11) is 0. The second kappa shape index (κ2) is 7.64. The Morgan fingerprint density at radius 1 is 1.27 bits per heavy atom. The van der Waals surface area contributed by atoms with Crippen LogP contribution in [0.25, 0.3) is 11.2 Å². The highest BCUT2D eigenvalue weighted by atomic mass is 16.6. The summed E-state index contributed by atoms with van der Waals surface area (Å²) in [5.41, 5.74) is 6.52. The molecule has 136 valence electrons. The van der Waals surface area contributed by atoms with Crippen molar-refractivity contribution in [3.63, 3.8) is 0 Å². The van der Waals surface area contributed by atoms with E-state index in [2.05, 4.69) is 26.8 Å². The molecule has 0 bridgehead atoms. The number of nitrogens with two attached hydrogens (primary N) is 1. The third-order valence-electron chi connectivity index (χ3n) is 4.03. The Balaban J connectivity index is 1.92. The molecule has 0 radical (unpaired) electrons. The second-order valence-corrected chi connectivity index (χ2v) is 5.80. The van der Waals surface area contributed by atoms with Gasteiger partial charge in [0.1, 0.15) is 23.8 Å². The average Bonchev–Trinajstić information content (AvgIpc) is 3.17. The first-order valence-electron chi connectivity index (χ1n) is 8.05. The maximum absolute atomic E-state index is 10.2. The Bertz CT molecular complexity index is 896. The van der Waals surface area contributed by atoms with Crippen molar-refractivity contribution >= 4 is 17.0 Å². The lowest BCUT2D eigenvalue weighted by Crippen LogP contribution is -2.33. The summed E-state index contributed by atoms with van der Waals surface area (Å²) >= 11 is 0. The lowest BCUT2D eigenvalue weighted by atomic mass is 10.1. The predicted molar refractivity (Wildman–Crippen MR) is 89.1 cm³/mol. The zero-order valence-electron chi connectivity index (χ0n) is 13.8. The van der Waals surface area contributed by atoms with E-state index in [1.165, 1.54) is 10.9 Å². The van der Waals surface area contributed by atoms with Gasteiger partial charge in [-0.25, -0.2) is 15.0 Å². The number of fused-ring (bicyclic) bond motifs is 1. The molecular weight excluding hydrogens is 340 g/mol. The van der Waals surface area contributed by atoms with Gasteiger partial charge in [0.2, 0.25) is 5.82 Å². The molecule has 1 saturated heterocycles. The van der Waals surface area contributed by atoms with Gasteiger partial charge in [-0.15, -0.1) is 0 Å². The highest BCUT2D eigenvalue weighted by molar-refractivity contribution is 5.82. The van der Waals surface area contributed by atoms with Gasteiger partial charge < -0.3 is 25.8 Å². The van der Waals surface area contributed by atoms with Crippen molar-refractivity contribution < 1.29 is 20.1 Å². The SMILES string of the molecule is N#CCCCC#Cc1nc(N)c2ncn(C3OC(CO)C(O)C3O)c2n1. The minimum Gasteiger partial charge on any atom is -0.394 e. The number of ether oxygens (including phenoxy) is 1. The fourth-order valence-electron chi connectivity index (χ4n) is 2.69. The Hall–Kier alpha value is -2.76. The molecule has 3 rings (SSSR count). The molecule has 5 N–H and O–H groups in total. The van der Waals surface area contributed by atoms with Crippen molar-refractivity contribution in [2.45, 2.75) is 43.8 Å². The number of imidazole rings is 1. The third kappa shape index (κ3) is 3.31. The Labute approximate surface area is 148 Å². The lowest BCUT2D eigenvalue weighted by Gasteiger charge is -2.16. The van der Waals surface area contributed by atoms with Crippen LogP contribution < -0.4 is 5.73 Å². The number of aliphatic hydroxyl groups is 3. The van der Waals surface area contributed by atoms with E-state index in [9.17, 15) is 15.3 Å². The zero-order chi connectivity index (χ0) is 18.7. The van der Waals surface area contributed by atoms with Crippen molar-refractivity contribution in [2.24, 2.45) is 0 Å². The Morgan fingerprint density at radius 3 is 2.77 bits per heavy atom.